The molecule has 0 saturated carbocycles. The van der Waals surface area contributed by atoms with Gasteiger partial charge in [0.1, 0.15) is 6.61 Å². The molecule has 0 atom stereocenters. The van der Waals surface area contributed by atoms with Crippen molar-refractivity contribution in [3.05, 3.63) is 0 Å². The van der Waals surface area contributed by atoms with Crippen molar-refractivity contribution in [1.82, 2.24) is 0 Å². The van der Waals surface area contributed by atoms with E-state index >= 15 is 0 Å². The molecule has 1 radical (unpaired) electrons. The SMILES string of the molecule is CS(=O)(=O)OCCOCC[O]. The van der Waals surface area contributed by atoms with Gasteiger partial charge in [0.05, 0.1) is 26.1 Å². The van der Waals surface area contributed by atoms with Crippen molar-refractivity contribution < 1.29 is 22.4 Å². The monoisotopic (exact) mass is 183 g/mol. The van der Waals surface area contributed by atoms with Crippen LogP contribution in [0.2, 0.25) is 0 Å². The van der Waals surface area contributed by atoms with Gasteiger partial charge in [0.2, 0.25) is 0 Å². The standard InChI is InChI=1S/C5H11O5S/c1-11(7,8)10-5-4-9-3-2-6/h2-5H2,1H3. The zero-order chi connectivity index (χ0) is 8.74. The third kappa shape index (κ3) is 9.83. The molecule has 0 aromatic rings. The molecule has 0 bridgehead atoms. The largest absolute Gasteiger partial charge is 0.376 e. The lowest BCUT2D eigenvalue weighted by molar-refractivity contribution is 0.0498. The summed E-state index contributed by atoms with van der Waals surface area (Å²) in [7, 11) is -3.37. The second kappa shape index (κ2) is 5.48. The summed E-state index contributed by atoms with van der Waals surface area (Å²) in [4.78, 5) is 0. The van der Waals surface area contributed by atoms with Crippen LogP contribution in [-0.2, 0) is 24.1 Å². The molecule has 0 heterocycles. The molecule has 0 aliphatic heterocycles. The predicted octanol–water partition coefficient (Wildman–Crippen LogP) is -0.590. The van der Waals surface area contributed by atoms with Gasteiger partial charge in [-0.15, -0.1) is 0 Å². The van der Waals surface area contributed by atoms with E-state index in [1.165, 1.54) is 0 Å². The first-order valence-electron chi connectivity index (χ1n) is 3.06. The maximum atomic E-state index is 10.3. The van der Waals surface area contributed by atoms with Gasteiger partial charge in [0, 0.05) is 0 Å². The van der Waals surface area contributed by atoms with Crippen molar-refractivity contribution in [3.63, 3.8) is 0 Å². The molecule has 0 aromatic heterocycles. The summed E-state index contributed by atoms with van der Waals surface area (Å²) in [6.07, 6.45) is 0.959. The first-order valence-corrected chi connectivity index (χ1v) is 4.88. The average Bonchev–Trinajstić information content (AvgIpc) is 1.85. The molecule has 0 fully saturated rings. The minimum Gasteiger partial charge on any atom is -0.376 e. The molecule has 11 heavy (non-hydrogen) atoms. The third-order valence-electron chi connectivity index (χ3n) is 0.753. The Morgan fingerprint density at radius 1 is 1.18 bits per heavy atom. The number of ether oxygens (including phenoxy) is 1. The van der Waals surface area contributed by atoms with E-state index in [9.17, 15) is 13.5 Å². The van der Waals surface area contributed by atoms with Crippen LogP contribution in [0.25, 0.3) is 0 Å². The Morgan fingerprint density at radius 3 is 2.27 bits per heavy atom. The first kappa shape index (κ1) is 10.8. The molecule has 0 unspecified atom stereocenters. The smallest absolute Gasteiger partial charge is 0.264 e. The molecule has 0 aliphatic rings. The van der Waals surface area contributed by atoms with Crippen LogP contribution in [0.4, 0.5) is 0 Å². The maximum Gasteiger partial charge on any atom is 0.264 e. The lowest BCUT2D eigenvalue weighted by atomic mass is 10.7. The number of hydrogen-bond acceptors (Lipinski definition) is 4. The van der Waals surface area contributed by atoms with Crippen molar-refractivity contribution in [2.24, 2.45) is 0 Å². The lowest BCUT2D eigenvalue weighted by Crippen LogP contribution is -2.10. The van der Waals surface area contributed by atoms with E-state index in [4.69, 9.17) is 0 Å². The van der Waals surface area contributed by atoms with Crippen LogP contribution in [0.5, 0.6) is 0 Å². The summed E-state index contributed by atoms with van der Waals surface area (Å²) >= 11 is 0. The van der Waals surface area contributed by atoms with Gasteiger partial charge in [0.25, 0.3) is 10.1 Å². The van der Waals surface area contributed by atoms with Crippen molar-refractivity contribution in [2.75, 3.05) is 32.7 Å². The van der Waals surface area contributed by atoms with E-state index in [-0.39, 0.29) is 26.4 Å². The number of hydrogen-bond donors (Lipinski definition) is 0. The maximum absolute atomic E-state index is 10.3. The molecule has 0 aromatic carbocycles. The van der Waals surface area contributed by atoms with Gasteiger partial charge in [-0.2, -0.15) is 8.42 Å². The Morgan fingerprint density at radius 2 is 1.82 bits per heavy atom. The van der Waals surface area contributed by atoms with Gasteiger partial charge >= 0.3 is 0 Å². The molecule has 6 heteroatoms. The normalized spacial score (nSPS) is 11.8. The van der Waals surface area contributed by atoms with Gasteiger partial charge < -0.3 is 4.74 Å². The average molecular weight is 183 g/mol. The van der Waals surface area contributed by atoms with Gasteiger partial charge in [-0.25, -0.2) is 5.11 Å². The van der Waals surface area contributed by atoms with Crippen LogP contribution in [0.15, 0.2) is 0 Å². The van der Waals surface area contributed by atoms with Crippen molar-refractivity contribution in [2.45, 2.75) is 0 Å². The fourth-order valence-corrected chi connectivity index (χ4v) is 0.776. The Balaban J connectivity index is 3.16. The second-order valence-corrected chi connectivity index (χ2v) is 3.49. The van der Waals surface area contributed by atoms with Crippen LogP contribution in [0.1, 0.15) is 0 Å². The molecule has 0 rings (SSSR count). The molecular weight excluding hydrogens is 172 g/mol. The van der Waals surface area contributed by atoms with E-state index in [1.807, 2.05) is 0 Å². The summed E-state index contributed by atoms with van der Waals surface area (Å²) < 4.78 is 29.6. The highest BCUT2D eigenvalue weighted by atomic mass is 32.2. The highest BCUT2D eigenvalue weighted by molar-refractivity contribution is 7.85. The lowest BCUT2D eigenvalue weighted by Gasteiger charge is -2.00. The van der Waals surface area contributed by atoms with Crippen molar-refractivity contribution in [1.29, 1.82) is 0 Å². The topological polar surface area (TPSA) is 72.5 Å². The molecular formula is C5H11O5S. The van der Waals surface area contributed by atoms with Crippen molar-refractivity contribution in [3.8, 4) is 0 Å². The Bertz CT molecular complexity index is 173. The fourth-order valence-electron chi connectivity index (χ4n) is 0.405. The van der Waals surface area contributed by atoms with E-state index in [0.717, 1.165) is 6.26 Å². The van der Waals surface area contributed by atoms with Crippen LogP contribution < -0.4 is 0 Å². The quantitative estimate of drug-likeness (QED) is 0.407. The predicted molar refractivity (Wildman–Crippen MR) is 37.2 cm³/mol. The Hall–Kier alpha value is -0.170. The highest BCUT2D eigenvalue weighted by Crippen LogP contribution is 1.85. The van der Waals surface area contributed by atoms with Crippen LogP contribution in [-0.4, -0.2) is 41.1 Å². The van der Waals surface area contributed by atoms with Crippen LogP contribution >= 0.6 is 0 Å². The van der Waals surface area contributed by atoms with E-state index < -0.39 is 10.1 Å². The zero-order valence-corrected chi connectivity index (χ0v) is 7.09. The Kier molecular flexibility index (Phi) is 5.39. The highest BCUT2D eigenvalue weighted by Gasteiger charge is 1.99. The van der Waals surface area contributed by atoms with Gasteiger partial charge in [-0.3, -0.25) is 4.18 Å². The van der Waals surface area contributed by atoms with Crippen LogP contribution in [0, 0.1) is 0 Å². The minimum absolute atomic E-state index is 0.0289. The van der Waals surface area contributed by atoms with Gasteiger partial charge in [0.15, 0.2) is 0 Å². The van der Waals surface area contributed by atoms with Gasteiger partial charge in [-0.1, -0.05) is 0 Å². The van der Waals surface area contributed by atoms with E-state index in [1.54, 1.807) is 0 Å². The summed E-state index contributed by atoms with van der Waals surface area (Å²) in [5.74, 6) is 0. The number of rotatable bonds is 6. The molecule has 0 aliphatic carbocycles. The summed E-state index contributed by atoms with van der Waals surface area (Å²) in [6.45, 7) is -0.125. The van der Waals surface area contributed by atoms with Gasteiger partial charge in [-0.05, 0) is 0 Å². The molecule has 5 nitrogen and oxygen atoms in total. The molecule has 0 spiro atoms. The third-order valence-corrected chi connectivity index (χ3v) is 1.35. The second-order valence-electron chi connectivity index (χ2n) is 1.84. The van der Waals surface area contributed by atoms with Crippen molar-refractivity contribution >= 4 is 10.1 Å². The fraction of sp³-hybridized carbons (Fsp3) is 1.00. The molecule has 0 saturated heterocycles. The van der Waals surface area contributed by atoms with E-state index in [2.05, 4.69) is 8.92 Å². The molecule has 67 valence electrons. The summed E-state index contributed by atoms with van der Waals surface area (Å²) in [6, 6.07) is 0. The Labute approximate surface area is 66.1 Å². The summed E-state index contributed by atoms with van der Waals surface area (Å²) in [5.41, 5.74) is 0. The molecule has 0 N–H and O–H groups in total. The van der Waals surface area contributed by atoms with E-state index in [0.29, 0.717) is 0 Å². The van der Waals surface area contributed by atoms with Crippen LogP contribution in [0.3, 0.4) is 0 Å². The summed E-state index contributed by atoms with van der Waals surface area (Å²) in [5, 5.41) is 9.81. The minimum atomic E-state index is -3.37. The zero-order valence-electron chi connectivity index (χ0n) is 6.28. The first-order chi connectivity index (χ1) is 5.06. The molecule has 0 amide bonds.